The highest BCUT2D eigenvalue weighted by Crippen LogP contribution is 2.51. The van der Waals surface area contributed by atoms with Crippen molar-refractivity contribution in [3.63, 3.8) is 0 Å². The van der Waals surface area contributed by atoms with Gasteiger partial charge in [-0.25, -0.2) is 0 Å². The number of Topliss-reactive ketones (excluding diaryl/α,β-unsaturated/α-hetero) is 1. The molecular formula is C16H28O. The Balaban J connectivity index is 2.70. The summed E-state index contributed by atoms with van der Waals surface area (Å²) in [6.07, 6.45) is 13.5. The Labute approximate surface area is 107 Å². The van der Waals surface area contributed by atoms with Gasteiger partial charge < -0.3 is 0 Å². The van der Waals surface area contributed by atoms with Crippen LogP contribution in [0.15, 0.2) is 12.2 Å². The summed E-state index contributed by atoms with van der Waals surface area (Å²) in [6.45, 7) is 6.60. The Bertz CT molecular complexity index is 257. The molecule has 0 aromatic carbocycles. The molecule has 0 N–H and O–H groups in total. The Morgan fingerprint density at radius 1 is 1.18 bits per heavy atom. The van der Waals surface area contributed by atoms with Gasteiger partial charge in [0.1, 0.15) is 5.78 Å². The van der Waals surface area contributed by atoms with Crippen LogP contribution < -0.4 is 0 Å². The monoisotopic (exact) mass is 236 g/mol. The van der Waals surface area contributed by atoms with Crippen molar-refractivity contribution in [1.29, 1.82) is 0 Å². The molecular weight excluding hydrogens is 208 g/mol. The molecule has 0 heterocycles. The fourth-order valence-electron chi connectivity index (χ4n) is 2.99. The maximum atomic E-state index is 12.1. The molecule has 1 aliphatic rings. The largest absolute Gasteiger partial charge is 0.299 e. The molecule has 17 heavy (non-hydrogen) atoms. The average Bonchev–Trinajstić information content (AvgIpc) is 2.34. The first kappa shape index (κ1) is 14.5. The van der Waals surface area contributed by atoms with Crippen molar-refractivity contribution in [2.24, 2.45) is 11.3 Å². The third-order valence-corrected chi connectivity index (χ3v) is 4.23. The average molecular weight is 236 g/mol. The predicted octanol–water partition coefficient (Wildman–Crippen LogP) is 4.91. The Morgan fingerprint density at radius 3 is 2.18 bits per heavy atom. The second-order valence-corrected chi connectivity index (χ2v) is 5.43. The lowest BCUT2D eigenvalue weighted by atomic mass is 9.54. The molecule has 1 unspecified atom stereocenters. The van der Waals surface area contributed by atoms with Crippen molar-refractivity contribution in [3.05, 3.63) is 12.2 Å². The van der Waals surface area contributed by atoms with Crippen LogP contribution in [0.3, 0.4) is 0 Å². The van der Waals surface area contributed by atoms with Gasteiger partial charge in [-0.15, -0.1) is 0 Å². The molecule has 1 heteroatoms. The minimum absolute atomic E-state index is 0.0255. The molecule has 0 bridgehead atoms. The van der Waals surface area contributed by atoms with Gasteiger partial charge in [-0.3, -0.25) is 4.79 Å². The van der Waals surface area contributed by atoms with Gasteiger partial charge >= 0.3 is 0 Å². The molecule has 0 aliphatic heterocycles. The highest BCUT2D eigenvalue weighted by atomic mass is 16.1. The molecule has 1 rings (SSSR count). The molecule has 0 aromatic heterocycles. The van der Waals surface area contributed by atoms with E-state index in [4.69, 9.17) is 0 Å². The summed E-state index contributed by atoms with van der Waals surface area (Å²) in [7, 11) is 0. The Kier molecular flexibility index (Phi) is 5.94. The summed E-state index contributed by atoms with van der Waals surface area (Å²) >= 11 is 0. The second kappa shape index (κ2) is 6.98. The van der Waals surface area contributed by atoms with Gasteiger partial charge in [-0.2, -0.15) is 0 Å². The van der Waals surface area contributed by atoms with E-state index in [1.807, 2.05) is 0 Å². The van der Waals surface area contributed by atoms with Crippen LogP contribution in [-0.4, -0.2) is 5.78 Å². The summed E-state index contributed by atoms with van der Waals surface area (Å²) in [5, 5.41) is 0. The molecule has 0 radical (unpaired) electrons. The van der Waals surface area contributed by atoms with E-state index < -0.39 is 0 Å². The molecule has 1 saturated carbocycles. The number of rotatable bonds is 8. The lowest BCUT2D eigenvalue weighted by Gasteiger charge is -2.47. The molecule has 1 atom stereocenters. The van der Waals surface area contributed by atoms with Crippen LogP contribution in [0, 0.1) is 11.3 Å². The van der Waals surface area contributed by atoms with E-state index in [0.29, 0.717) is 11.7 Å². The standard InChI is InChI=1S/C16H28O/c1-4-7-10-14-13-15(17)16(14,11-8-5-2)12-9-6-3/h7,10,14H,4-6,8-9,11-13H2,1-3H3. The van der Waals surface area contributed by atoms with Crippen LogP contribution >= 0.6 is 0 Å². The summed E-state index contributed by atoms with van der Waals surface area (Å²) in [5.41, 5.74) is 0.0255. The van der Waals surface area contributed by atoms with E-state index >= 15 is 0 Å². The van der Waals surface area contributed by atoms with Crippen LogP contribution in [0.25, 0.3) is 0 Å². The van der Waals surface area contributed by atoms with Crippen molar-refractivity contribution in [1.82, 2.24) is 0 Å². The first-order valence-corrected chi connectivity index (χ1v) is 7.41. The lowest BCUT2D eigenvalue weighted by Crippen LogP contribution is -2.49. The van der Waals surface area contributed by atoms with Gasteiger partial charge in [-0.1, -0.05) is 58.6 Å². The van der Waals surface area contributed by atoms with E-state index in [0.717, 1.165) is 25.7 Å². The van der Waals surface area contributed by atoms with Crippen molar-refractivity contribution >= 4 is 5.78 Å². The van der Waals surface area contributed by atoms with Crippen LogP contribution in [-0.2, 0) is 4.79 Å². The van der Waals surface area contributed by atoms with Gasteiger partial charge in [-0.05, 0) is 25.2 Å². The molecule has 1 nitrogen and oxygen atoms in total. The summed E-state index contributed by atoms with van der Waals surface area (Å²) in [4.78, 5) is 12.1. The van der Waals surface area contributed by atoms with Crippen molar-refractivity contribution in [2.75, 3.05) is 0 Å². The first-order valence-electron chi connectivity index (χ1n) is 7.41. The van der Waals surface area contributed by atoms with Crippen molar-refractivity contribution in [3.8, 4) is 0 Å². The highest BCUT2D eigenvalue weighted by molar-refractivity contribution is 5.92. The molecule has 0 saturated heterocycles. The predicted molar refractivity (Wildman–Crippen MR) is 74.0 cm³/mol. The SMILES string of the molecule is CCC=CC1CC(=O)C1(CCCC)CCCC. The maximum absolute atomic E-state index is 12.1. The Hall–Kier alpha value is -0.590. The van der Waals surface area contributed by atoms with E-state index in [-0.39, 0.29) is 5.41 Å². The number of hydrogen-bond donors (Lipinski definition) is 0. The number of unbranched alkanes of at least 4 members (excludes halogenated alkanes) is 2. The normalized spacial score (nSPS) is 23.0. The Morgan fingerprint density at radius 2 is 1.76 bits per heavy atom. The number of allylic oxidation sites excluding steroid dienone is 2. The second-order valence-electron chi connectivity index (χ2n) is 5.43. The summed E-state index contributed by atoms with van der Waals surface area (Å²) in [6, 6.07) is 0. The van der Waals surface area contributed by atoms with Gasteiger partial charge in [0.05, 0.1) is 0 Å². The molecule has 0 aromatic rings. The van der Waals surface area contributed by atoms with Crippen LogP contribution in [0.4, 0.5) is 0 Å². The topological polar surface area (TPSA) is 17.1 Å². The molecule has 0 spiro atoms. The van der Waals surface area contributed by atoms with E-state index in [1.54, 1.807) is 0 Å². The highest BCUT2D eigenvalue weighted by Gasteiger charge is 2.51. The van der Waals surface area contributed by atoms with E-state index in [2.05, 4.69) is 32.9 Å². The fourth-order valence-corrected chi connectivity index (χ4v) is 2.99. The summed E-state index contributed by atoms with van der Waals surface area (Å²) in [5.74, 6) is 1.07. The molecule has 1 aliphatic carbocycles. The number of carbonyl (C=O) groups excluding carboxylic acids is 1. The fraction of sp³-hybridized carbons (Fsp3) is 0.812. The van der Waals surface area contributed by atoms with Gasteiger partial charge in [0.15, 0.2) is 0 Å². The van der Waals surface area contributed by atoms with Crippen LogP contribution in [0.1, 0.15) is 72.1 Å². The number of hydrogen-bond acceptors (Lipinski definition) is 1. The number of ketones is 1. The van der Waals surface area contributed by atoms with Gasteiger partial charge in [0, 0.05) is 11.8 Å². The summed E-state index contributed by atoms with van der Waals surface area (Å²) < 4.78 is 0. The quantitative estimate of drug-likeness (QED) is 0.547. The first-order chi connectivity index (χ1) is 8.21. The third-order valence-electron chi connectivity index (χ3n) is 4.23. The van der Waals surface area contributed by atoms with E-state index in [9.17, 15) is 4.79 Å². The zero-order valence-electron chi connectivity index (χ0n) is 11.8. The van der Waals surface area contributed by atoms with Crippen molar-refractivity contribution < 1.29 is 4.79 Å². The molecule has 98 valence electrons. The molecule has 1 fully saturated rings. The van der Waals surface area contributed by atoms with Crippen molar-refractivity contribution in [2.45, 2.75) is 72.1 Å². The third kappa shape index (κ3) is 3.20. The zero-order chi connectivity index (χ0) is 12.7. The van der Waals surface area contributed by atoms with Crippen LogP contribution in [0.2, 0.25) is 0 Å². The van der Waals surface area contributed by atoms with E-state index in [1.165, 1.54) is 25.7 Å². The van der Waals surface area contributed by atoms with Crippen LogP contribution in [0.5, 0.6) is 0 Å². The lowest BCUT2D eigenvalue weighted by molar-refractivity contribution is -0.145. The molecule has 0 amide bonds. The minimum atomic E-state index is 0.0255. The maximum Gasteiger partial charge on any atom is 0.140 e. The zero-order valence-corrected chi connectivity index (χ0v) is 11.8. The van der Waals surface area contributed by atoms with Gasteiger partial charge in [0.2, 0.25) is 0 Å². The van der Waals surface area contributed by atoms with Gasteiger partial charge in [0.25, 0.3) is 0 Å². The minimum Gasteiger partial charge on any atom is -0.299 e. The number of carbonyl (C=O) groups is 1. The smallest absolute Gasteiger partial charge is 0.140 e.